The standard InChI is InChI=1S/C16H13FO4/c17-11-5-6-13(16(18)19)15(7-11)21-9-10-8-20-14-4-2-1-3-12(10)14/h1-7,10H,8-9H2,(H,18,19). The summed E-state index contributed by atoms with van der Waals surface area (Å²) in [6, 6.07) is 11.0. The monoisotopic (exact) mass is 288 g/mol. The Hall–Kier alpha value is -2.56. The first-order valence-corrected chi connectivity index (χ1v) is 6.52. The maximum atomic E-state index is 13.3. The number of carbonyl (C=O) groups is 1. The van der Waals surface area contributed by atoms with Crippen LogP contribution in [0, 0.1) is 5.82 Å². The molecular formula is C16H13FO4. The second-order valence-electron chi connectivity index (χ2n) is 4.80. The van der Waals surface area contributed by atoms with E-state index >= 15 is 0 Å². The number of halogens is 1. The predicted molar refractivity (Wildman–Crippen MR) is 73.5 cm³/mol. The Balaban J connectivity index is 1.77. The van der Waals surface area contributed by atoms with E-state index in [1.807, 2.05) is 24.3 Å². The van der Waals surface area contributed by atoms with Crippen LogP contribution in [-0.4, -0.2) is 24.3 Å². The van der Waals surface area contributed by atoms with E-state index in [0.717, 1.165) is 23.4 Å². The normalized spacial score (nSPS) is 16.1. The molecule has 5 heteroatoms. The zero-order chi connectivity index (χ0) is 14.8. The molecule has 1 aliphatic heterocycles. The van der Waals surface area contributed by atoms with Gasteiger partial charge in [-0.3, -0.25) is 0 Å². The molecular weight excluding hydrogens is 275 g/mol. The molecule has 0 amide bonds. The van der Waals surface area contributed by atoms with Gasteiger partial charge in [-0.2, -0.15) is 0 Å². The highest BCUT2D eigenvalue weighted by Gasteiger charge is 2.25. The molecule has 3 rings (SSSR count). The minimum absolute atomic E-state index is 0.00566. The summed E-state index contributed by atoms with van der Waals surface area (Å²) in [4.78, 5) is 11.1. The summed E-state index contributed by atoms with van der Waals surface area (Å²) in [5.74, 6) is -0.826. The zero-order valence-corrected chi connectivity index (χ0v) is 11.1. The van der Waals surface area contributed by atoms with E-state index in [1.54, 1.807) is 0 Å². The predicted octanol–water partition coefficient (Wildman–Crippen LogP) is 3.08. The number of rotatable bonds is 4. The summed E-state index contributed by atoms with van der Waals surface area (Å²) < 4.78 is 24.3. The molecule has 1 heterocycles. The molecule has 0 radical (unpaired) electrons. The molecule has 0 spiro atoms. The Morgan fingerprint density at radius 2 is 2.14 bits per heavy atom. The van der Waals surface area contributed by atoms with Gasteiger partial charge in [0.05, 0.1) is 19.1 Å². The lowest BCUT2D eigenvalue weighted by molar-refractivity contribution is 0.0691. The van der Waals surface area contributed by atoms with Crippen molar-refractivity contribution < 1.29 is 23.8 Å². The second kappa shape index (κ2) is 5.44. The lowest BCUT2D eigenvalue weighted by atomic mass is 10.0. The molecule has 4 nitrogen and oxygen atoms in total. The van der Waals surface area contributed by atoms with Gasteiger partial charge in [0.1, 0.15) is 22.9 Å². The van der Waals surface area contributed by atoms with E-state index in [-0.39, 0.29) is 23.8 Å². The summed E-state index contributed by atoms with van der Waals surface area (Å²) in [6.07, 6.45) is 0. The van der Waals surface area contributed by atoms with Gasteiger partial charge < -0.3 is 14.6 Å². The molecule has 1 aliphatic rings. The smallest absolute Gasteiger partial charge is 0.339 e. The fraction of sp³-hybridized carbons (Fsp3) is 0.188. The number of aromatic carboxylic acids is 1. The average Bonchev–Trinajstić information content (AvgIpc) is 2.88. The van der Waals surface area contributed by atoms with Gasteiger partial charge in [0.25, 0.3) is 0 Å². The van der Waals surface area contributed by atoms with Crippen molar-refractivity contribution in [3.05, 3.63) is 59.4 Å². The van der Waals surface area contributed by atoms with Gasteiger partial charge in [0.15, 0.2) is 0 Å². The Morgan fingerprint density at radius 1 is 1.33 bits per heavy atom. The van der Waals surface area contributed by atoms with Crippen molar-refractivity contribution in [3.8, 4) is 11.5 Å². The van der Waals surface area contributed by atoms with Crippen LogP contribution in [0.3, 0.4) is 0 Å². The van der Waals surface area contributed by atoms with Crippen molar-refractivity contribution in [1.82, 2.24) is 0 Å². The van der Waals surface area contributed by atoms with Crippen LogP contribution in [0.25, 0.3) is 0 Å². The topological polar surface area (TPSA) is 55.8 Å². The maximum absolute atomic E-state index is 13.3. The molecule has 0 fully saturated rings. The first-order valence-electron chi connectivity index (χ1n) is 6.52. The molecule has 2 aromatic rings. The summed E-state index contributed by atoms with van der Waals surface area (Å²) in [5.41, 5.74) is 0.967. The number of ether oxygens (including phenoxy) is 2. The molecule has 108 valence electrons. The van der Waals surface area contributed by atoms with Gasteiger partial charge in [0.2, 0.25) is 0 Å². The van der Waals surface area contributed by atoms with Gasteiger partial charge in [0, 0.05) is 11.6 Å². The largest absolute Gasteiger partial charge is 0.493 e. The van der Waals surface area contributed by atoms with Crippen molar-refractivity contribution in [1.29, 1.82) is 0 Å². The van der Waals surface area contributed by atoms with E-state index in [2.05, 4.69) is 0 Å². The molecule has 0 saturated heterocycles. The Kier molecular flexibility index (Phi) is 3.48. The first-order chi connectivity index (χ1) is 10.1. The number of carboxylic acids is 1. The van der Waals surface area contributed by atoms with Crippen molar-refractivity contribution >= 4 is 5.97 Å². The van der Waals surface area contributed by atoms with Gasteiger partial charge in [-0.15, -0.1) is 0 Å². The average molecular weight is 288 g/mol. The summed E-state index contributed by atoms with van der Waals surface area (Å²) in [7, 11) is 0. The van der Waals surface area contributed by atoms with E-state index in [1.165, 1.54) is 6.07 Å². The highest BCUT2D eigenvalue weighted by Crippen LogP contribution is 2.34. The molecule has 0 saturated carbocycles. The molecule has 1 unspecified atom stereocenters. The summed E-state index contributed by atoms with van der Waals surface area (Å²) >= 11 is 0. The molecule has 21 heavy (non-hydrogen) atoms. The Bertz CT molecular complexity index is 684. The van der Waals surface area contributed by atoms with Crippen LogP contribution >= 0.6 is 0 Å². The fourth-order valence-electron chi connectivity index (χ4n) is 2.35. The third kappa shape index (κ3) is 2.67. The van der Waals surface area contributed by atoms with Crippen molar-refractivity contribution in [2.75, 3.05) is 13.2 Å². The van der Waals surface area contributed by atoms with Crippen LogP contribution in [0.2, 0.25) is 0 Å². The number of carboxylic acid groups (broad SMARTS) is 1. The SMILES string of the molecule is O=C(O)c1ccc(F)cc1OCC1COc2ccccc21. The van der Waals surface area contributed by atoms with Crippen LogP contribution in [-0.2, 0) is 0 Å². The lowest BCUT2D eigenvalue weighted by Gasteiger charge is -2.13. The lowest BCUT2D eigenvalue weighted by Crippen LogP contribution is -2.13. The maximum Gasteiger partial charge on any atom is 0.339 e. The highest BCUT2D eigenvalue weighted by molar-refractivity contribution is 5.90. The summed E-state index contributed by atoms with van der Waals surface area (Å²) in [6.45, 7) is 0.706. The Morgan fingerprint density at radius 3 is 2.95 bits per heavy atom. The highest BCUT2D eigenvalue weighted by atomic mass is 19.1. The van der Waals surface area contributed by atoms with Gasteiger partial charge >= 0.3 is 5.97 Å². The fourth-order valence-corrected chi connectivity index (χ4v) is 2.35. The molecule has 0 aliphatic carbocycles. The number of para-hydroxylation sites is 1. The number of hydrogen-bond donors (Lipinski definition) is 1. The Labute approximate surface area is 120 Å². The minimum atomic E-state index is -1.15. The van der Waals surface area contributed by atoms with Crippen molar-refractivity contribution in [3.63, 3.8) is 0 Å². The van der Waals surface area contributed by atoms with Gasteiger partial charge in [-0.1, -0.05) is 18.2 Å². The van der Waals surface area contributed by atoms with E-state index in [4.69, 9.17) is 14.6 Å². The quantitative estimate of drug-likeness (QED) is 0.939. The number of fused-ring (bicyclic) bond motifs is 1. The molecule has 0 bridgehead atoms. The molecule has 0 aromatic heterocycles. The van der Waals surface area contributed by atoms with E-state index in [0.29, 0.717) is 6.61 Å². The molecule has 1 N–H and O–H groups in total. The minimum Gasteiger partial charge on any atom is -0.493 e. The van der Waals surface area contributed by atoms with Crippen LogP contribution in [0.1, 0.15) is 21.8 Å². The third-order valence-corrected chi connectivity index (χ3v) is 3.41. The molecule has 1 atom stereocenters. The molecule has 2 aromatic carbocycles. The third-order valence-electron chi connectivity index (χ3n) is 3.41. The van der Waals surface area contributed by atoms with Crippen molar-refractivity contribution in [2.24, 2.45) is 0 Å². The van der Waals surface area contributed by atoms with Crippen LogP contribution in [0.5, 0.6) is 11.5 Å². The first kappa shape index (κ1) is 13.4. The zero-order valence-electron chi connectivity index (χ0n) is 11.1. The van der Waals surface area contributed by atoms with Crippen LogP contribution < -0.4 is 9.47 Å². The summed E-state index contributed by atoms with van der Waals surface area (Å²) in [5, 5.41) is 9.08. The van der Waals surface area contributed by atoms with Gasteiger partial charge in [-0.25, -0.2) is 9.18 Å². The van der Waals surface area contributed by atoms with Crippen molar-refractivity contribution in [2.45, 2.75) is 5.92 Å². The van der Waals surface area contributed by atoms with E-state index < -0.39 is 11.8 Å². The van der Waals surface area contributed by atoms with Crippen LogP contribution in [0.4, 0.5) is 4.39 Å². The number of benzene rings is 2. The van der Waals surface area contributed by atoms with Gasteiger partial charge in [-0.05, 0) is 18.2 Å². The number of hydrogen-bond acceptors (Lipinski definition) is 3. The van der Waals surface area contributed by atoms with E-state index in [9.17, 15) is 9.18 Å². The second-order valence-corrected chi connectivity index (χ2v) is 4.80. The van der Waals surface area contributed by atoms with Crippen LogP contribution in [0.15, 0.2) is 42.5 Å².